The number of hydrogen-bond acceptors (Lipinski definition) is 4. The maximum atomic E-state index is 12.4. The monoisotopic (exact) mass is 304 g/mol. The second-order valence-electron chi connectivity index (χ2n) is 5.58. The molecule has 116 valence electrons. The summed E-state index contributed by atoms with van der Waals surface area (Å²) in [6.07, 6.45) is 2.99. The van der Waals surface area contributed by atoms with E-state index in [-0.39, 0.29) is 30.2 Å². The molecule has 0 radical (unpaired) electrons. The molecule has 1 N–H and O–H groups in total. The van der Waals surface area contributed by atoms with Gasteiger partial charge in [-0.2, -0.15) is 0 Å². The summed E-state index contributed by atoms with van der Waals surface area (Å²) in [4.78, 5) is 14.2. The molecule has 0 aromatic rings. The van der Waals surface area contributed by atoms with Gasteiger partial charge in [-0.05, 0) is 32.6 Å². The SMILES string of the molecule is CCS(=O)(=O)N1CCC(C(=O)N2CCC[C@H]2CO)CC1. The van der Waals surface area contributed by atoms with E-state index in [1.807, 2.05) is 0 Å². The molecule has 2 rings (SSSR count). The van der Waals surface area contributed by atoms with E-state index in [2.05, 4.69) is 0 Å². The van der Waals surface area contributed by atoms with E-state index in [0.29, 0.717) is 25.9 Å². The Morgan fingerprint density at radius 1 is 1.20 bits per heavy atom. The fourth-order valence-electron chi connectivity index (χ4n) is 3.11. The third kappa shape index (κ3) is 3.15. The molecule has 0 spiro atoms. The predicted octanol–water partition coefficient (Wildman–Crippen LogP) is 0.0314. The fourth-order valence-corrected chi connectivity index (χ4v) is 4.25. The number of rotatable bonds is 4. The number of carbonyl (C=O) groups is 1. The minimum Gasteiger partial charge on any atom is -0.394 e. The first kappa shape index (κ1) is 15.7. The summed E-state index contributed by atoms with van der Waals surface area (Å²) in [6.45, 7) is 3.25. The minimum absolute atomic E-state index is 0.0226. The van der Waals surface area contributed by atoms with Crippen LogP contribution in [0.25, 0.3) is 0 Å². The zero-order chi connectivity index (χ0) is 14.8. The first-order valence-corrected chi connectivity index (χ1v) is 8.99. The molecule has 2 saturated heterocycles. The van der Waals surface area contributed by atoms with Crippen molar-refractivity contribution in [3.05, 3.63) is 0 Å². The van der Waals surface area contributed by atoms with Gasteiger partial charge in [0.25, 0.3) is 0 Å². The molecular formula is C13H24N2O4S. The average Bonchev–Trinajstić information content (AvgIpc) is 2.95. The van der Waals surface area contributed by atoms with Crippen LogP contribution in [0.2, 0.25) is 0 Å². The summed E-state index contributed by atoms with van der Waals surface area (Å²) in [5.74, 6) is 0.116. The lowest BCUT2D eigenvalue weighted by atomic mass is 9.96. The van der Waals surface area contributed by atoms with E-state index in [1.165, 1.54) is 4.31 Å². The van der Waals surface area contributed by atoms with Crippen LogP contribution < -0.4 is 0 Å². The van der Waals surface area contributed by atoms with Crippen LogP contribution in [0.15, 0.2) is 0 Å². The molecule has 6 nitrogen and oxygen atoms in total. The minimum atomic E-state index is -3.14. The highest BCUT2D eigenvalue weighted by Gasteiger charge is 2.36. The van der Waals surface area contributed by atoms with E-state index in [9.17, 15) is 18.3 Å². The Labute approximate surface area is 120 Å². The zero-order valence-electron chi connectivity index (χ0n) is 12.0. The molecule has 0 aliphatic carbocycles. The van der Waals surface area contributed by atoms with Crippen LogP contribution in [0.4, 0.5) is 0 Å². The highest BCUT2D eigenvalue weighted by Crippen LogP contribution is 2.26. The number of likely N-dealkylation sites (tertiary alicyclic amines) is 1. The average molecular weight is 304 g/mol. The third-order valence-electron chi connectivity index (χ3n) is 4.43. The van der Waals surface area contributed by atoms with E-state index in [4.69, 9.17) is 0 Å². The Hall–Kier alpha value is -0.660. The molecule has 0 aromatic carbocycles. The van der Waals surface area contributed by atoms with Crippen molar-refractivity contribution in [2.45, 2.75) is 38.6 Å². The van der Waals surface area contributed by atoms with Gasteiger partial charge in [0.15, 0.2) is 0 Å². The van der Waals surface area contributed by atoms with Gasteiger partial charge in [0.05, 0.1) is 18.4 Å². The Kier molecular flexibility index (Phi) is 5.04. The first-order valence-electron chi connectivity index (χ1n) is 7.38. The van der Waals surface area contributed by atoms with E-state index < -0.39 is 10.0 Å². The molecule has 2 fully saturated rings. The van der Waals surface area contributed by atoms with Gasteiger partial charge in [-0.25, -0.2) is 12.7 Å². The van der Waals surface area contributed by atoms with Crippen LogP contribution in [0.5, 0.6) is 0 Å². The zero-order valence-corrected chi connectivity index (χ0v) is 12.8. The number of hydrogen-bond donors (Lipinski definition) is 1. The number of amides is 1. The quantitative estimate of drug-likeness (QED) is 0.795. The summed E-state index contributed by atoms with van der Waals surface area (Å²) in [5, 5.41) is 9.28. The molecule has 7 heteroatoms. The van der Waals surface area contributed by atoms with Crippen molar-refractivity contribution in [1.29, 1.82) is 0 Å². The molecule has 0 bridgehead atoms. The second kappa shape index (κ2) is 6.41. The van der Waals surface area contributed by atoms with Crippen molar-refractivity contribution >= 4 is 15.9 Å². The lowest BCUT2D eigenvalue weighted by Gasteiger charge is -2.33. The molecule has 1 atom stereocenters. The smallest absolute Gasteiger partial charge is 0.226 e. The highest BCUT2D eigenvalue weighted by atomic mass is 32.2. The summed E-state index contributed by atoms with van der Waals surface area (Å²) in [7, 11) is -3.14. The Balaban J connectivity index is 1.92. The van der Waals surface area contributed by atoms with Gasteiger partial charge in [-0.1, -0.05) is 0 Å². The number of aliphatic hydroxyl groups excluding tert-OH is 1. The maximum absolute atomic E-state index is 12.4. The van der Waals surface area contributed by atoms with Gasteiger partial charge in [0.2, 0.25) is 15.9 Å². The predicted molar refractivity (Wildman–Crippen MR) is 75.6 cm³/mol. The van der Waals surface area contributed by atoms with Crippen molar-refractivity contribution < 1.29 is 18.3 Å². The van der Waals surface area contributed by atoms with Gasteiger partial charge in [0, 0.05) is 25.6 Å². The molecule has 1 amide bonds. The summed E-state index contributed by atoms with van der Waals surface area (Å²) in [6, 6.07) is -0.0418. The second-order valence-corrected chi connectivity index (χ2v) is 7.84. The third-order valence-corrected chi connectivity index (χ3v) is 6.31. The molecule has 20 heavy (non-hydrogen) atoms. The van der Waals surface area contributed by atoms with Gasteiger partial charge >= 0.3 is 0 Å². The van der Waals surface area contributed by atoms with Gasteiger partial charge in [-0.15, -0.1) is 0 Å². The molecule has 2 heterocycles. The van der Waals surface area contributed by atoms with Crippen LogP contribution in [0, 0.1) is 5.92 Å². The topological polar surface area (TPSA) is 77.9 Å². The van der Waals surface area contributed by atoms with Crippen LogP contribution in [-0.2, 0) is 14.8 Å². The van der Waals surface area contributed by atoms with E-state index >= 15 is 0 Å². The summed E-state index contributed by atoms with van der Waals surface area (Å²) < 4.78 is 25.1. The van der Waals surface area contributed by atoms with Crippen molar-refractivity contribution in [1.82, 2.24) is 9.21 Å². The van der Waals surface area contributed by atoms with Crippen molar-refractivity contribution in [3.63, 3.8) is 0 Å². The lowest BCUT2D eigenvalue weighted by molar-refractivity contribution is -0.138. The molecule has 0 unspecified atom stereocenters. The summed E-state index contributed by atoms with van der Waals surface area (Å²) >= 11 is 0. The number of aliphatic hydroxyl groups is 1. The highest BCUT2D eigenvalue weighted by molar-refractivity contribution is 7.89. The Bertz CT molecular complexity index is 443. The first-order chi connectivity index (χ1) is 9.49. The number of carbonyl (C=O) groups excluding carboxylic acids is 1. The van der Waals surface area contributed by atoms with Crippen LogP contribution in [-0.4, -0.2) is 66.7 Å². The Morgan fingerprint density at radius 3 is 2.40 bits per heavy atom. The van der Waals surface area contributed by atoms with Crippen LogP contribution >= 0.6 is 0 Å². The summed E-state index contributed by atoms with van der Waals surface area (Å²) in [5.41, 5.74) is 0. The largest absolute Gasteiger partial charge is 0.394 e. The van der Waals surface area contributed by atoms with Crippen LogP contribution in [0.1, 0.15) is 32.6 Å². The molecule has 0 aromatic heterocycles. The number of nitrogens with zero attached hydrogens (tertiary/aromatic N) is 2. The van der Waals surface area contributed by atoms with Gasteiger partial charge in [-0.3, -0.25) is 4.79 Å². The molecular weight excluding hydrogens is 280 g/mol. The molecule has 2 aliphatic rings. The van der Waals surface area contributed by atoms with Crippen LogP contribution in [0.3, 0.4) is 0 Å². The van der Waals surface area contributed by atoms with Gasteiger partial charge < -0.3 is 10.0 Å². The maximum Gasteiger partial charge on any atom is 0.226 e. The number of sulfonamides is 1. The van der Waals surface area contributed by atoms with E-state index in [1.54, 1.807) is 11.8 Å². The van der Waals surface area contributed by atoms with Crippen molar-refractivity contribution in [3.8, 4) is 0 Å². The molecule has 2 aliphatic heterocycles. The van der Waals surface area contributed by atoms with Gasteiger partial charge in [0.1, 0.15) is 0 Å². The standard InChI is InChI=1S/C13H24N2O4S/c1-2-20(18,19)14-8-5-11(6-9-14)13(17)15-7-3-4-12(15)10-16/h11-12,16H,2-10H2,1H3/t12-/m0/s1. The fraction of sp³-hybridized carbons (Fsp3) is 0.923. The normalized spacial score (nSPS) is 26.1. The lowest BCUT2D eigenvalue weighted by Crippen LogP contribution is -2.46. The van der Waals surface area contributed by atoms with E-state index in [0.717, 1.165) is 19.4 Å². The van der Waals surface area contributed by atoms with Crippen molar-refractivity contribution in [2.75, 3.05) is 32.0 Å². The Morgan fingerprint density at radius 2 is 1.85 bits per heavy atom. The molecule has 0 saturated carbocycles. The van der Waals surface area contributed by atoms with Crippen molar-refractivity contribution in [2.24, 2.45) is 5.92 Å². The number of piperidine rings is 1.